The molecule has 1 aromatic carbocycles. The van der Waals surface area contributed by atoms with Crippen molar-refractivity contribution in [2.75, 3.05) is 25.5 Å². The largest absolute Gasteiger partial charge is 0.382 e. The summed E-state index contributed by atoms with van der Waals surface area (Å²) in [6, 6.07) is 8.06. The molecule has 1 heterocycles. The molecule has 0 amide bonds. The molecule has 0 radical (unpaired) electrons. The summed E-state index contributed by atoms with van der Waals surface area (Å²) in [5.41, 5.74) is 1.49. The van der Waals surface area contributed by atoms with E-state index in [4.69, 9.17) is 16.9 Å². The highest BCUT2D eigenvalue weighted by Gasteiger charge is 2.18. The molecule has 4 heteroatoms. The lowest BCUT2D eigenvalue weighted by atomic mass is 10.0. The maximum Gasteiger partial charge on any atom is 0.101 e. The Bertz CT molecular complexity index is 453. The first kappa shape index (κ1) is 13.2. The number of halogens is 1. The Hall–Kier alpha value is -1.24. The van der Waals surface area contributed by atoms with Crippen LogP contribution in [-0.2, 0) is 0 Å². The van der Waals surface area contributed by atoms with E-state index < -0.39 is 0 Å². The van der Waals surface area contributed by atoms with Crippen LogP contribution in [0.3, 0.4) is 0 Å². The third-order valence-corrected chi connectivity index (χ3v) is 3.79. The molecule has 2 rings (SSSR count). The molecule has 0 aliphatic carbocycles. The Balaban J connectivity index is 2.01. The van der Waals surface area contributed by atoms with Crippen molar-refractivity contribution in [3.8, 4) is 6.07 Å². The van der Waals surface area contributed by atoms with Gasteiger partial charge in [0.2, 0.25) is 0 Å². The smallest absolute Gasteiger partial charge is 0.101 e. The number of hydrogen-bond donors (Lipinski definition) is 1. The van der Waals surface area contributed by atoms with Crippen LogP contribution in [0.15, 0.2) is 18.2 Å². The summed E-state index contributed by atoms with van der Waals surface area (Å²) >= 11 is 5.96. The second-order valence-corrected chi connectivity index (χ2v) is 5.25. The molecule has 0 bridgehead atoms. The summed E-state index contributed by atoms with van der Waals surface area (Å²) in [5.74, 6) is 0. The van der Waals surface area contributed by atoms with Crippen LogP contribution in [0.1, 0.15) is 24.8 Å². The van der Waals surface area contributed by atoms with Crippen molar-refractivity contribution in [1.29, 1.82) is 5.26 Å². The minimum atomic E-state index is 0.546. The third kappa shape index (κ3) is 3.16. The minimum absolute atomic E-state index is 0.546. The lowest BCUT2D eigenvalue weighted by molar-refractivity contribution is 0.194. The molecule has 0 aromatic heterocycles. The normalized spacial score (nSPS) is 20.4. The van der Waals surface area contributed by atoms with Gasteiger partial charge >= 0.3 is 0 Å². The number of likely N-dealkylation sites (tertiary alicyclic amines) is 1. The van der Waals surface area contributed by atoms with Gasteiger partial charge in [-0.2, -0.15) is 5.26 Å². The number of likely N-dealkylation sites (N-methyl/N-ethyl adjacent to an activating group) is 1. The number of hydrogen-bond acceptors (Lipinski definition) is 3. The third-order valence-electron chi connectivity index (χ3n) is 3.55. The second kappa shape index (κ2) is 6.08. The number of benzene rings is 1. The molecule has 3 nitrogen and oxygen atoms in total. The van der Waals surface area contributed by atoms with E-state index in [1.165, 1.54) is 19.3 Å². The van der Waals surface area contributed by atoms with Gasteiger partial charge in [-0.15, -0.1) is 0 Å². The Labute approximate surface area is 113 Å². The average molecular weight is 264 g/mol. The summed E-state index contributed by atoms with van der Waals surface area (Å²) in [7, 11) is 2.16. The Kier molecular flexibility index (Phi) is 4.46. The number of nitriles is 1. The predicted molar refractivity (Wildman–Crippen MR) is 74.9 cm³/mol. The topological polar surface area (TPSA) is 39.1 Å². The number of anilines is 1. The van der Waals surface area contributed by atoms with Crippen molar-refractivity contribution < 1.29 is 0 Å². The quantitative estimate of drug-likeness (QED) is 0.911. The van der Waals surface area contributed by atoms with Gasteiger partial charge < -0.3 is 10.2 Å². The number of piperidine rings is 1. The summed E-state index contributed by atoms with van der Waals surface area (Å²) in [6.07, 6.45) is 3.79. The fourth-order valence-electron chi connectivity index (χ4n) is 2.39. The van der Waals surface area contributed by atoms with Crippen LogP contribution in [0.4, 0.5) is 5.69 Å². The van der Waals surface area contributed by atoms with Crippen molar-refractivity contribution in [2.45, 2.75) is 25.3 Å². The van der Waals surface area contributed by atoms with E-state index in [0.29, 0.717) is 16.6 Å². The zero-order chi connectivity index (χ0) is 13.0. The van der Waals surface area contributed by atoms with Crippen LogP contribution < -0.4 is 5.32 Å². The van der Waals surface area contributed by atoms with Gasteiger partial charge in [-0.3, -0.25) is 0 Å². The number of nitrogens with one attached hydrogen (secondary N) is 1. The molecule has 1 atom stereocenters. The summed E-state index contributed by atoms with van der Waals surface area (Å²) in [5, 5.41) is 13.1. The highest BCUT2D eigenvalue weighted by atomic mass is 35.5. The van der Waals surface area contributed by atoms with Crippen LogP contribution >= 0.6 is 11.6 Å². The van der Waals surface area contributed by atoms with Crippen LogP contribution in [-0.4, -0.2) is 31.1 Å². The van der Waals surface area contributed by atoms with Crippen LogP contribution in [0.5, 0.6) is 0 Å². The van der Waals surface area contributed by atoms with E-state index in [1.54, 1.807) is 12.1 Å². The molecule has 18 heavy (non-hydrogen) atoms. The maximum atomic E-state index is 9.05. The molecule has 0 spiro atoms. The van der Waals surface area contributed by atoms with E-state index in [0.717, 1.165) is 18.8 Å². The monoisotopic (exact) mass is 263 g/mol. The van der Waals surface area contributed by atoms with Gasteiger partial charge in [0, 0.05) is 17.6 Å². The first-order valence-electron chi connectivity index (χ1n) is 6.34. The molecule has 0 saturated carbocycles. The fourth-order valence-corrected chi connectivity index (χ4v) is 2.56. The first-order valence-corrected chi connectivity index (χ1v) is 6.72. The van der Waals surface area contributed by atoms with Crippen LogP contribution in [0.25, 0.3) is 0 Å². The van der Waals surface area contributed by atoms with Gasteiger partial charge in [-0.25, -0.2) is 0 Å². The van der Waals surface area contributed by atoms with Crippen molar-refractivity contribution in [1.82, 2.24) is 4.90 Å². The maximum absolute atomic E-state index is 9.05. The van der Waals surface area contributed by atoms with E-state index in [1.807, 2.05) is 6.07 Å². The lowest BCUT2D eigenvalue weighted by Crippen LogP contribution is -2.40. The molecule has 1 aliphatic rings. The minimum Gasteiger partial charge on any atom is -0.382 e. The van der Waals surface area contributed by atoms with Gasteiger partial charge in [0.15, 0.2) is 0 Å². The Morgan fingerprint density at radius 1 is 1.50 bits per heavy atom. The van der Waals surface area contributed by atoms with Gasteiger partial charge in [0.25, 0.3) is 0 Å². The Morgan fingerprint density at radius 2 is 2.33 bits per heavy atom. The highest BCUT2D eigenvalue weighted by Crippen LogP contribution is 2.22. The predicted octanol–water partition coefficient (Wildman–Crippen LogP) is 3.11. The zero-order valence-corrected chi connectivity index (χ0v) is 11.4. The molecular formula is C14H18ClN3. The SMILES string of the molecule is CN1CCCCC1CNc1cc(Cl)ccc1C#N. The fraction of sp³-hybridized carbons (Fsp3) is 0.500. The summed E-state index contributed by atoms with van der Waals surface area (Å²) in [6.45, 7) is 2.03. The van der Waals surface area contributed by atoms with Gasteiger partial charge in [0.1, 0.15) is 6.07 Å². The van der Waals surface area contributed by atoms with E-state index in [2.05, 4.69) is 23.3 Å². The zero-order valence-electron chi connectivity index (χ0n) is 10.6. The highest BCUT2D eigenvalue weighted by molar-refractivity contribution is 6.30. The van der Waals surface area contributed by atoms with Gasteiger partial charge in [0.05, 0.1) is 11.3 Å². The summed E-state index contributed by atoms with van der Waals surface area (Å²) < 4.78 is 0. The van der Waals surface area contributed by atoms with E-state index in [-0.39, 0.29) is 0 Å². The molecule has 1 fully saturated rings. The van der Waals surface area contributed by atoms with Crippen molar-refractivity contribution in [3.05, 3.63) is 28.8 Å². The lowest BCUT2D eigenvalue weighted by Gasteiger charge is -2.32. The summed E-state index contributed by atoms with van der Waals surface area (Å²) in [4.78, 5) is 2.38. The number of rotatable bonds is 3. The average Bonchev–Trinajstić information content (AvgIpc) is 2.38. The molecule has 1 N–H and O–H groups in total. The number of nitrogens with zero attached hydrogens (tertiary/aromatic N) is 2. The standard InChI is InChI=1S/C14H18ClN3/c1-18-7-3-2-4-13(18)10-17-14-8-12(15)6-5-11(14)9-16/h5-6,8,13,17H,2-4,7,10H2,1H3. The second-order valence-electron chi connectivity index (χ2n) is 4.81. The molecule has 1 unspecified atom stereocenters. The van der Waals surface area contributed by atoms with Crippen LogP contribution in [0, 0.1) is 11.3 Å². The first-order chi connectivity index (χ1) is 8.70. The molecule has 96 valence electrons. The molecule has 1 aliphatic heterocycles. The van der Waals surface area contributed by atoms with Crippen LogP contribution in [0.2, 0.25) is 5.02 Å². The van der Waals surface area contributed by atoms with Crippen molar-refractivity contribution >= 4 is 17.3 Å². The van der Waals surface area contributed by atoms with Gasteiger partial charge in [-0.05, 0) is 44.6 Å². The molecule has 1 aromatic rings. The van der Waals surface area contributed by atoms with E-state index >= 15 is 0 Å². The van der Waals surface area contributed by atoms with Crippen molar-refractivity contribution in [3.63, 3.8) is 0 Å². The van der Waals surface area contributed by atoms with Gasteiger partial charge in [-0.1, -0.05) is 18.0 Å². The van der Waals surface area contributed by atoms with Crippen molar-refractivity contribution in [2.24, 2.45) is 0 Å². The molecular weight excluding hydrogens is 246 g/mol. The molecule has 1 saturated heterocycles. The van der Waals surface area contributed by atoms with E-state index in [9.17, 15) is 0 Å². The Morgan fingerprint density at radius 3 is 3.06 bits per heavy atom.